The van der Waals surface area contributed by atoms with E-state index in [2.05, 4.69) is 0 Å². The molecule has 2 aromatic carbocycles. The zero-order chi connectivity index (χ0) is 24.9. The minimum absolute atomic E-state index is 0.234. The molecule has 0 radical (unpaired) electrons. The average Bonchev–Trinajstić information content (AvgIpc) is 2.80. The summed E-state index contributed by atoms with van der Waals surface area (Å²) in [6.07, 6.45) is 0.509. The van der Waals surface area contributed by atoms with Crippen LogP contribution in [0.4, 0.5) is 8.78 Å². The maximum Gasteiger partial charge on any atom is 0.240 e. The fraction of sp³-hybridized carbons (Fsp3) is 0.440. The normalized spacial score (nSPS) is 19.4. The van der Waals surface area contributed by atoms with Gasteiger partial charge in [-0.3, -0.25) is 14.5 Å². The number of hydrogen-bond acceptors (Lipinski definition) is 5. The van der Waals surface area contributed by atoms with Crippen molar-refractivity contribution in [3.63, 3.8) is 0 Å². The predicted octanol–water partition coefficient (Wildman–Crippen LogP) is 1.48. The standard InChI is InChI=1S/C25H32F2N4O3/c1-25(24(29)33,14-18-4-3-5-20(27)12-18)30-10-11-31(21(15-30)16-34-2)23(32)22(28)13-17-6-8-19(26)9-7-17/h3-9,12,21-22H,10-11,13-16,28H2,1-2H3,(H2,29,33). The van der Waals surface area contributed by atoms with Gasteiger partial charge in [0.05, 0.1) is 18.7 Å². The Balaban J connectivity index is 1.74. The van der Waals surface area contributed by atoms with E-state index in [1.54, 1.807) is 43.2 Å². The Labute approximate surface area is 198 Å². The molecule has 2 amide bonds. The van der Waals surface area contributed by atoms with Crippen molar-refractivity contribution in [2.75, 3.05) is 33.4 Å². The van der Waals surface area contributed by atoms with Gasteiger partial charge in [-0.25, -0.2) is 8.78 Å². The van der Waals surface area contributed by atoms with Crippen LogP contribution in [0.25, 0.3) is 0 Å². The van der Waals surface area contributed by atoms with Crippen LogP contribution in [0.5, 0.6) is 0 Å². The lowest BCUT2D eigenvalue weighted by Crippen LogP contribution is -2.67. The van der Waals surface area contributed by atoms with Crippen LogP contribution in [0.1, 0.15) is 18.1 Å². The third kappa shape index (κ3) is 5.97. The van der Waals surface area contributed by atoms with E-state index in [1.807, 2.05) is 4.90 Å². The second kappa shape index (κ2) is 11.0. The summed E-state index contributed by atoms with van der Waals surface area (Å²) in [4.78, 5) is 29.4. The largest absolute Gasteiger partial charge is 0.382 e. The topological polar surface area (TPSA) is 102 Å². The molecule has 1 saturated heterocycles. The highest BCUT2D eigenvalue weighted by Gasteiger charge is 2.43. The first-order valence-corrected chi connectivity index (χ1v) is 11.2. The number of ether oxygens (including phenoxy) is 1. The predicted molar refractivity (Wildman–Crippen MR) is 125 cm³/mol. The van der Waals surface area contributed by atoms with E-state index in [-0.39, 0.29) is 43.0 Å². The summed E-state index contributed by atoms with van der Waals surface area (Å²) < 4.78 is 32.3. The van der Waals surface area contributed by atoms with E-state index in [0.29, 0.717) is 25.2 Å². The highest BCUT2D eigenvalue weighted by Crippen LogP contribution is 2.26. The number of amides is 2. The molecule has 1 fully saturated rings. The van der Waals surface area contributed by atoms with E-state index >= 15 is 0 Å². The Morgan fingerprint density at radius 3 is 2.44 bits per heavy atom. The summed E-state index contributed by atoms with van der Waals surface area (Å²) in [6.45, 7) is 3.06. The number of carbonyl (C=O) groups is 2. The number of nitrogens with zero attached hydrogens (tertiary/aromatic N) is 2. The number of benzene rings is 2. The molecule has 0 saturated carbocycles. The first-order valence-electron chi connectivity index (χ1n) is 11.2. The molecule has 7 nitrogen and oxygen atoms in total. The number of hydrogen-bond donors (Lipinski definition) is 2. The molecule has 2 aromatic rings. The van der Waals surface area contributed by atoms with Crippen LogP contribution in [0.2, 0.25) is 0 Å². The molecule has 34 heavy (non-hydrogen) atoms. The number of primary amides is 1. The van der Waals surface area contributed by atoms with E-state index in [0.717, 1.165) is 5.56 Å². The van der Waals surface area contributed by atoms with Crippen LogP contribution in [0.15, 0.2) is 48.5 Å². The summed E-state index contributed by atoms with van der Waals surface area (Å²) >= 11 is 0. The third-order valence-electron chi connectivity index (χ3n) is 6.48. The van der Waals surface area contributed by atoms with Gasteiger partial charge in [0.1, 0.15) is 17.2 Å². The second-order valence-electron chi connectivity index (χ2n) is 8.97. The van der Waals surface area contributed by atoms with Crippen molar-refractivity contribution in [2.24, 2.45) is 11.5 Å². The molecule has 3 unspecified atom stereocenters. The van der Waals surface area contributed by atoms with Gasteiger partial charge < -0.3 is 21.1 Å². The Morgan fingerprint density at radius 2 is 1.82 bits per heavy atom. The molecule has 3 rings (SSSR count). The monoisotopic (exact) mass is 474 g/mol. The molecule has 1 heterocycles. The quantitative estimate of drug-likeness (QED) is 0.573. The van der Waals surface area contributed by atoms with Crippen molar-refractivity contribution in [1.82, 2.24) is 9.80 Å². The fourth-order valence-electron chi connectivity index (χ4n) is 4.50. The average molecular weight is 475 g/mol. The Morgan fingerprint density at radius 1 is 1.12 bits per heavy atom. The number of methoxy groups -OCH3 is 1. The van der Waals surface area contributed by atoms with E-state index in [4.69, 9.17) is 16.2 Å². The Bertz CT molecular complexity index is 1000. The van der Waals surface area contributed by atoms with Crippen molar-refractivity contribution in [3.8, 4) is 0 Å². The van der Waals surface area contributed by atoms with Crippen molar-refractivity contribution >= 4 is 11.8 Å². The van der Waals surface area contributed by atoms with Crippen molar-refractivity contribution < 1.29 is 23.1 Å². The van der Waals surface area contributed by atoms with Gasteiger partial charge in [0.2, 0.25) is 11.8 Å². The molecule has 0 bridgehead atoms. The summed E-state index contributed by atoms with van der Waals surface area (Å²) in [5.41, 5.74) is 12.4. The minimum Gasteiger partial charge on any atom is -0.382 e. The van der Waals surface area contributed by atoms with Crippen molar-refractivity contribution in [1.29, 1.82) is 0 Å². The Hall–Kier alpha value is -2.88. The summed E-state index contributed by atoms with van der Waals surface area (Å²) in [6, 6.07) is 10.8. The van der Waals surface area contributed by atoms with Crippen LogP contribution in [0.3, 0.4) is 0 Å². The molecule has 0 aromatic heterocycles. The van der Waals surface area contributed by atoms with Gasteiger partial charge in [0.25, 0.3) is 0 Å². The lowest BCUT2D eigenvalue weighted by Gasteiger charge is -2.48. The van der Waals surface area contributed by atoms with Gasteiger partial charge in [-0.1, -0.05) is 24.3 Å². The smallest absolute Gasteiger partial charge is 0.240 e. The number of nitrogens with two attached hydrogens (primary N) is 2. The van der Waals surface area contributed by atoms with Crippen LogP contribution >= 0.6 is 0 Å². The third-order valence-corrected chi connectivity index (χ3v) is 6.48. The van der Waals surface area contributed by atoms with Gasteiger partial charge in [0, 0.05) is 26.7 Å². The second-order valence-corrected chi connectivity index (χ2v) is 8.97. The van der Waals surface area contributed by atoms with Gasteiger partial charge in [0.15, 0.2) is 0 Å². The molecular formula is C25H32F2N4O3. The maximum absolute atomic E-state index is 13.7. The van der Waals surface area contributed by atoms with E-state index in [1.165, 1.54) is 24.3 Å². The minimum atomic E-state index is -1.08. The van der Waals surface area contributed by atoms with Crippen molar-refractivity contribution in [2.45, 2.75) is 37.4 Å². The number of rotatable bonds is 9. The van der Waals surface area contributed by atoms with Gasteiger partial charge >= 0.3 is 0 Å². The van der Waals surface area contributed by atoms with Gasteiger partial charge in [-0.15, -0.1) is 0 Å². The highest BCUT2D eigenvalue weighted by molar-refractivity contribution is 5.85. The summed E-state index contributed by atoms with van der Waals surface area (Å²) in [5, 5.41) is 0. The van der Waals surface area contributed by atoms with Crippen LogP contribution < -0.4 is 11.5 Å². The SMILES string of the molecule is COCC1CN(C(C)(Cc2cccc(F)c2)C(N)=O)CCN1C(=O)C(N)Cc1ccc(F)cc1. The molecular weight excluding hydrogens is 442 g/mol. The molecule has 0 aliphatic carbocycles. The van der Waals surface area contributed by atoms with Gasteiger partial charge in [-0.05, 0) is 55.2 Å². The zero-order valence-electron chi connectivity index (χ0n) is 19.5. The molecule has 1 aliphatic heterocycles. The van der Waals surface area contributed by atoms with Crippen LogP contribution in [-0.2, 0) is 27.2 Å². The highest BCUT2D eigenvalue weighted by atomic mass is 19.1. The molecule has 9 heteroatoms. The number of piperazine rings is 1. The summed E-state index contributed by atoms with van der Waals surface area (Å²) in [5.74, 6) is -1.50. The molecule has 184 valence electrons. The van der Waals surface area contributed by atoms with E-state index < -0.39 is 17.5 Å². The van der Waals surface area contributed by atoms with Crippen LogP contribution in [-0.4, -0.2) is 72.6 Å². The first-order chi connectivity index (χ1) is 16.1. The fourth-order valence-corrected chi connectivity index (χ4v) is 4.50. The van der Waals surface area contributed by atoms with Crippen molar-refractivity contribution in [3.05, 3.63) is 71.3 Å². The zero-order valence-corrected chi connectivity index (χ0v) is 19.5. The van der Waals surface area contributed by atoms with Crippen LogP contribution in [0, 0.1) is 11.6 Å². The summed E-state index contributed by atoms with van der Waals surface area (Å²) in [7, 11) is 1.54. The molecule has 4 N–H and O–H groups in total. The number of halogens is 2. The lowest BCUT2D eigenvalue weighted by atomic mass is 9.88. The molecule has 1 aliphatic rings. The van der Waals surface area contributed by atoms with E-state index in [9.17, 15) is 18.4 Å². The number of carbonyl (C=O) groups excluding carboxylic acids is 2. The van der Waals surface area contributed by atoms with Gasteiger partial charge in [-0.2, -0.15) is 0 Å². The maximum atomic E-state index is 13.7. The lowest BCUT2D eigenvalue weighted by molar-refractivity contribution is -0.143. The first kappa shape index (κ1) is 25.7. The molecule has 3 atom stereocenters. The molecule has 0 spiro atoms. The Kier molecular flexibility index (Phi) is 8.35.